The lowest BCUT2D eigenvalue weighted by Crippen LogP contribution is -2.62. The SMILES string of the molecule is NC[C@]1(c2cccc(Cl)c2)CC[C@H](N2CC(=O)N[C@@H](Cc3ccccc3)C2=O)CC1.O=C(O)C(F)(F)F. The molecule has 4 rings (SSSR count). The Morgan fingerprint density at radius 3 is 2.27 bits per heavy atom. The van der Waals surface area contributed by atoms with Gasteiger partial charge < -0.3 is 21.1 Å². The summed E-state index contributed by atoms with van der Waals surface area (Å²) >= 11 is 6.21. The van der Waals surface area contributed by atoms with Gasteiger partial charge in [-0.25, -0.2) is 4.79 Å². The number of amides is 2. The van der Waals surface area contributed by atoms with Gasteiger partial charge >= 0.3 is 12.1 Å². The second-order valence-corrected chi connectivity index (χ2v) is 9.74. The van der Waals surface area contributed by atoms with Crippen molar-refractivity contribution in [3.05, 3.63) is 70.7 Å². The molecule has 1 atom stereocenters. The average molecular weight is 540 g/mol. The van der Waals surface area contributed by atoms with E-state index < -0.39 is 18.2 Å². The number of rotatable bonds is 5. The van der Waals surface area contributed by atoms with Crippen LogP contribution in [-0.2, 0) is 26.2 Å². The summed E-state index contributed by atoms with van der Waals surface area (Å²) in [5.41, 5.74) is 8.31. The van der Waals surface area contributed by atoms with Gasteiger partial charge in [0.1, 0.15) is 6.04 Å². The smallest absolute Gasteiger partial charge is 0.475 e. The lowest BCUT2D eigenvalue weighted by molar-refractivity contribution is -0.192. The molecule has 2 aromatic carbocycles. The number of piperazine rings is 1. The van der Waals surface area contributed by atoms with Crippen LogP contribution in [0.5, 0.6) is 0 Å². The first-order valence-electron chi connectivity index (χ1n) is 11.9. The van der Waals surface area contributed by atoms with Crippen LogP contribution < -0.4 is 11.1 Å². The fourth-order valence-electron chi connectivity index (χ4n) is 4.93. The molecule has 200 valence electrons. The number of nitrogens with two attached hydrogens (primary N) is 1. The van der Waals surface area contributed by atoms with Crippen molar-refractivity contribution in [2.75, 3.05) is 13.1 Å². The highest BCUT2D eigenvalue weighted by molar-refractivity contribution is 6.30. The molecule has 1 saturated heterocycles. The number of benzene rings is 2. The summed E-state index contributed by atoms with van der Waals surface area (Å²) in [6, 6.07) is 17.3. The number of nitrogens with one attached hydrogen (secondary N) is 1. The van der Waals surface area contributed by atoms with E-state index in [0.717, 1.165) is 31.2 Å². The third-order valence-corrected chi connectivity index (χ3v) is 7.17. The Hall–Kier alpha value is -3.11. The number of carboxylic acids is 1. The number of carbonyl (C=O) groups is 3. The van der Waals surface area contributed by atoms with Crippen molar-refractivity contribution in [3.8, 4) is 0 Å². The van der Waals surface area contributed by atoms with E-state index in [1.54, 1.807) is 4.90 Å². The van der Waals surface area contributed by atoms with Crippen LogP contribution >= 0.6 is 11.6 Å². The first-order chi connectivity index (χ1) is 17.4. The summed E-state index contributed by atoms with van der Waals surface area (Å²) in [5.74, 6) is -2.82. The first kappa shape index (κ1) is 28.5. The maximum atomic E-state index is 13.2. The number of carboxylic acid groups (broad SMARTS) is 1. The van der Waals surface area contributed by atoms with Gasteiger partial charge in [0.2, 0.25) is 11.8 Å². The molecule has 1 saturated carbocycles. The minimum absolute atomic E-state index is 0.0199. The number of halogens is 4. The Morgan fingerprint density at radius 1 is 1.11 bits per heavy atom. The Bertz CT molecular complexity index is 1110. The van der Waals surface area contributed by atoms with Gasteiger partial charge in [0.15, 0.2) is 0 Å². The topological polar surface area (TPSA) is 113 Å². The summed E-state index contributed by atoms with van der Waals surface area (Å²) in [6.45, 7) is 0.687. The predicted octanol–water partition coefficient (Wildman–Crippen LogP) is 3.68. The van der Waals surface area contributed by atoms with Crippen molar-refractivity contribution in [1.82, 2.24) is 10.2 Å². The van der Waals surface area contributed by atoms with Gasteiger partial charge in [0, 0.05) is 29.4 Å². The number of hydrogen-bond donors (Lipinski definition) is 3. The lowest BCUT2D eigenvalue weighted by atomic mass is 9.68. The molecule has 7 nitrogen and oxygen atoms in total. The molecule has 2 aromatic rings. The van der Waals surface area contributed by atoms with Crippen molar-refractivity contribution in [3.63, 3.8) is 0 Å². The summed E-state index contributed by atoms with van der Waals surface area (Å²) in [6.07, 6.45) is -1.14. The van der Waals surface area contributed by atoms with E-state index in [-0.39, 0.29) is 29.8 Å². The minimum atomic E-state index is -5.08. The van der Waals surface area contributed by atoms with Crippen molar-refractivity contribution in [2.45, 2.75) is 55.8 Å². The molecule has 1 aliphatic carbocycles. The van der Waals surface area contributed by atoms with Crippen LogP contribution in [0.3, 0.4) is 0 Å². The second kappa shape index (κ2) is 12.0. The van der Waals surface area contributed by atoms with E-state index in [4.69, 9.17) is 27.2 Å². The molecule has 0 bridgehead atoms. The molecule has 4 N–H and O–H groups in total. The van der Waals surface area contributed by atoms with Gasteiger partial charge in [-0.2, -0.15) is 13.2 Å². The minimum Gasteiger partial charge on any atom is -0.475 e. The van der Waals surface area contributed by atoms with E-state index in [9.17, 15) is 22.8 Å². The summed E-state index contributed by atoms with van der Waals surface area (Å²) in [7, 11) is 0. The van der Waals surface area contributed by atoms with Crippen LogP contribution in [0.4, 0.5) is 13.2 Å². The maximum Gasteiger partial charge on any atom is 0.490 e. The molecule has 0 spiro atoms. The lowest BCUT2D eigenvalue weighted by Gasteiger charge is -2.45. The predicted molar refractivity (Wildman–Crippen MR) is 132 cm³/mol. The first-order valence-corrected chi connectivity index (χ1v) is 12.2. The third-order valence-electron chi connectivity index (χ3n) is 6.94. The molecule has 2 aliphatic rings. The normalized spacial score (nSPS) is 24.1. The zero-order valence-corrected chi connectivity index (χ0v) is 20.8. The van der Waals surface area contributed by atoms with Gasteiger partial charge in [-0.15, -0.1) is 0 Å². The Labute approximate surface area is 217 Å². The van der Waals surface area contributed by atoms with Gasteiger partial charge in [-0.3, -0.25) is 9.59 Å². The van der Waals surface area contributed by atoms with E-state index in [0.29, 0.717) is 18.0 Å². The number of carbonyl (C=O) groups excluding carboxylic acids is 2. The molecule has 0 unspecified atom stereocenters. The number of aliphatic carboxylic acids is 1. The molecular formula is C26H29ClF3N3O4. The summed E-state index contributed by atoms with van der Waals surface area (Å²) in [5, 5.41) is 10.7. The highest BCUT2D eigenvalue weighted by Crippen LogP contribution is 2.41. The van der Waals surface area contributed by atoms with Crippen molar-refractivity contribution in [2.24, 2.45) is 5.73 Å². The van der Waals surface area contributed by atoms with Crippen molar-refractivity contribution in [1.29, 1.82) is 0 Å². The zero-order chi connectivity index (χ0) is 27.2. The Kier molecular flexibility index (Phi) is 9.20. The number of hydrogen-bond acceptors (Lipinski definition) is 4. The average Bonchev–Trinajstić information content (AvgIpc) is 2.86. The quantitative estimate of drug-likeness (QED) is 0.536. The van der Waals surface area contributed by atoms with Crippen LogP contribution in [0.15, 0.2) is 54.6 Å². The van der Waals surface area contributed by atoms with E-state index in [2.05, 4.69) is 11.4 Å². The molecule has 37 heavy (non-hydrogen) atoms. The largest absolute Gasteiger partial charge is 0.490 e. The summed E-state index contributed by atoms with van der Waals surface area (Å²) < 4.78 is 31.7. The number of alkyl halides is 3. The maximum absolute atomic E-state index is 13.2. The molecule has 0 radical (unpaired) electrons. The fourth-order valence-corrected chi connectivity index (χ4v) is 5.12. The van der Waals surface area contributed by atoms with Gasteiger partial charge in [0.25, 0.3) is 0 Å². The van der Waals surface area contributed by atoms with Gasteiger partial charge in [-0.1, -0.05) is 54.1 Å². The van der Waals surface area contributed by atoms with Crippen LogP contribution in [0.1, 0.15) is 36.8 Å². The molecule has 1 aliphatic heterocycles. The third kappa shape index (κ3) is 7.23. The van der Waals surface area contributed by atoms with E-state index in [1.807, 2.05) is 48.5 Å². The van der Waals surface area contributed by atoms with Crippen molar-refractivity contribution >= 4 is 29.4 Å². The molecule has 2 fully saturated rings. The van der Waals surface area contributed by atoms with Crippen molar-refractivity contribution < 1.29 is 32.7 Å². The standard InChI is InChI=1S/C24H28ClN3O2.C2HF3O2/c25-19-8-4-7-18(14-19)24(16-26)11-9-20(10-12-24)28-15-22(29)27-21(23(28)30)13-17-5-2-1-3-6-17;3-2(4,5)1(6)7/h1-8,14,20-21H,9-13,15-16,26H2,(H,27,29);(H,6,7)/t20-,21-,24-;/m0./s1. The van der Waals surface area contributed by atoms with Crippen LogP contribution in [0.2, 0.25) is 5.02 Å². The Balaban J connectivity index is 0.000000479. The second-order valence-electron chi connectivity index (χ2n) is 9.30. The number of nitrogens with zero attached hydrogens (tertiary/aromatic N) is 1. The molecule has 11 heteroatoms. The molecular weight excluding hydrogens is 511 g/mol. The zero-order valence-electron chi connectivity index (χ0n) is 20.0. The summed E-state index contributed by atoms with van der Waals surface area (Å²) in [4.78, 5) is 36.2. The highest BCUT2D eigenvalue weighted by atomic mass is 35.5. The monoisotopic (exact) mass is 539 g/mol. The molecule has 2 amide bonds. The highest BCUT2D eigenvalue weighted by Gasteiger charge is 2.42. The van der Waals surface area contributed by atoms with Gasteiger partial charge in [0.05, 0.1) is 6.54 Å². The van der Waals surface area contributed by atoms with Crippen LogP contribution in [-0.4, -0.2) is 59.1 Å². The van der Waals surface area contributed by atoms with Gasteiger partial charge in [-0.05, 0) is 48.9 Å². The molecule has 1 heterocycles. The van der Waals surface area contributed by atoms with E-state index >= 15 is 0 Å². The van der Waals surface area contributed by atoms with E-state index in [1.165, 1.54) is 5.56 Å². The van der Waals surface area contributed by atoms with Crippen LogP contribution in [0.25, 0.3) is 0 Å². The van der Waals surface area contributed by atoms with Crippen LogP contribution in [0, 0.1) is 0 Å². The fraction of sp³-hybridized carbons (Fsp3) is 0.423. The Morgan fingerprint density at radius 2 is 1.73 bits per heavy atom. The molecule has 0 aromatic heterocycles.